The second kappa shape index (κ2) is 10.6. The maximum atomic E-state index is 5.95. The molecule has 0 radical (unpaired) electrons. The number of hydrogen-bond donors (Lipinski definition) is 2. The minimum atomic E-state index is 0. The summed E-state index contributed by atoms with van der Waals surface area (Å²) in [6.07, 6.45) is 1.54. The normalized spacial score (nSPS) is 11.0. The summed E-state index contributed by atoms with van der Waals surface area (Å²) in [5.74, 6) is 2.39. The van der Waals surface area contributed by atoms with Crippen molar-refractivity contribution < 1.29 is 9.26 Å². The number of anilines is 1. The number of nitrogens with zero attached hydrogens (tertiary/aromatic N) is 3. The Morgan fingerprint density at radius 3 is 2.68 bits per heavy atom. The number of rotatable bonds is 7. The van der Waals surface area contributed by atoms with Gasteiger partial charge in [-0.05, 0) is 36.2 Å². The van der Waals surface area contributed by atoms with E-state index < -0.39 is 0 Å². The topological polar surface area (TPSA) is 98.6 Å². The van der Waals surface area contributed by atoms with Crippen molar-refractivity contribution in [1.82, 2.24) is 10.1 Å². The standard InChI is InChI=1S/C20H23N5O2.HI/c1-3-18-24-19(27-25-18)15-9-7-14(8-10-15)11-12-22-20(21)23-16-5-4-6-17(13-16)26-2;/h4-10,13H,3,11-12H2,1-2H3,(H3,21,22,23);1H. The van der Waals surface area contributed by atoms with Crippen molar-refractivity contribution in [2.75, 3.05) is 19.0 Å². The van der Waals surface area contributed by atoms with Crippen LogP contribution in [0.5, 0.6) is 5.75 Å². The fourth-order valence-electron chi connectivity index (χ4n) is 2.52. The van der Waals surface area contributed by atoms with E-state index in [1.165, 1.54) is 0 Å². The first-order valence-corrected chi connectivity index (χ1v) is 8.81. The van der Waals surface area contributed by atoms with Gasteiger partial charge in [-0.1, -0.05) is 30.3 Å². The van der Waals surface area contributed by atoms with Crippen molar-refractivity contribution in [3.8, 4) is 17.2 Å². The average molecular weight is 493 g/mol. The Kier molecular flexibility index (Phi) is 8.24. The molecule has 3 aromatic rings. The van der Waals surface area contributed by atoms with Gasteiger partial charge in [-0.25, -0.2) is 0 Å². The van der Waals surface area contributed by atoms with E-state index in [4.69, 9.17) is 15.0 Å². The molecule has 1 aromatic heterocycles. The molecule has 0 aliphatic carbocycles. The summed E-state index contributed by atoms with van der Waals surface area (Å²) in [4.78, 5) is 8.70. The first-order valence-electron chi connectivity index (χ1n) is 8.81. The first kappa shape index (κ1) is 21.7. The van der Waals surface area contributed by atoms with Gasteiger partial charge in [0.05, 0.1) is 7.11 Å². The number of aliphatic imine (C=N–C) groups is 1. The highest BCUT2D eigenvalue weighted by atomic mass is 127. The molecule has 148 valence electrons. The molecule has 0 unspecified atom stereocenters. The van der Waals surface area contributed by atoms with Crippen LogP contribution >= 0.6 is 24.0 Å². The van der Waals surface area contributed by atoms with Crippen LogP contribution in [-0.4, -0.2) is 29.8 Å². The number of guanidine groups is 1. The molecule has 3 N–H and O–H groups in total. The van der Waals surface area contributed by atoms with Crippen molar-refractivity contribution in [3.63, 3.8) is 0 Å². The molecule has 0 aliphatic rings. The summed E-state index contributed by atoms with van der Waals surface area (Å²) in [6.45, 7) is 2.58. The van der Waals surface area contributed by atoms with Crippen molar-refractivity contribution >= 4 is 35.6 Å². The molecule has 1 heterocycles. The zero-order valence-electron chi connectivity index (χ0n) is 15.9. The van der Waals surface area contributed by atoms with E-state index in [1.54, 1.807) is 7.11 Å². The quantitative estimate of drug-likeness (QED) is 0.295. The van der Waals surface area contributed by atoms with Crippen molar-refractivity contribution in [2.24, 2.45) is 10.7 Å². The van der Waals surface area contributed by atoms with E-state index in [2.05, 4.69) is 20.4 Å². The summed E-state index contributed by atoms with van der Waals surface area (Å²) in [5.41, 5.74) is 8.86. The Balaban J connectivity index is 0.00000280. The van der Waals surface area contributed by atoms with E-state index in [-0.39, 0.29) is 24.0 Å². The molecule has 8 heteroatoms. The van der Waals surface area contributed by atoms with E-state index in [0.29, 0.717) is 24.2 Å². The van der Waals surface area contributed by atoms with Gasteiger partial charge in [0.1, 0.15) is 5.75 Å². The van der Waals surface area contributed by atoms with Crippen LogP contribution in [0.15, 0.2) is 58.0 Å². The van der Waals surface area contributed by atoms with Crippen molar-refractivity contribution in [1.29, 1.82) is 0 Å². The Morgan fingerprint density at radius 2 is 2.00 bits per heavy atom. The molecular weight excluding hydrogens is 469 g/mol. The predicted octanol–water partition coefficient (Wildman–Crippen LogP) is 3.89. The summed E-state index contributed by atoms with van der Waals surface area (Å²) < 4.78 is 10.4. The summed E-state index contributed by atoms with van der Waals surface area (Å²) in [6, 6.07) is 15.6. The number of benzene rings is 2. The highest BCUT2D eigenvalue weighted by molar-refractivity contribution is 14.0. The summed E-state index contributed by atoms with van der Waals surface area (Å²) in [7, 11) is 1.63. The Labute approximate surface area is 181 Å². The number of hydrogen-bond acceptors (Lipinski definition) is 5. The summed E-state index contributed by atoms with van der Waals surface area (Å²) >= 11 is 0. The van der Waals surface area contributed by atoms with Crippen LogP contribution in [0.1, 0.15) is 18.3 Å². The first-order chi connectivity index (χ1) is 13.2. The second-order valence-electron chi connectivity index (χ2n) is 5.94. The smallest absolute Gasteiger partial charge is 0.257 e. The lowest BCUT2D eigenvalue weighted by atomic mass is 10.1. The third-order valence-electron chi connectivity index (χ3n) is 4.01. The van der Waals surface area contributed by atoms with Crippen LogP contribution in [0.2, 0.25) is 0 Å². The van der Waals surface area contributed by atoms with Gasteiger partial charge in [0.15, 0.2) is 11.8 Å². The molecule has 0 spiro atoms. The fraction of sp³-hybridized carbons (Fsp3) is 0.250. The van der Waals surface area contributed by atoms with Gasteiger partial charge < -0.3 is 20.3 Å². The largest absolute Gasteiger partial charge is 0.497 e. The zero-order chi connectivity index (χ0) is 19.1. The number of aryl methyl sites for hydroxylation is 1. The Hall–Kier alpha value is -2.62. The van der Waals surface area contributed by atoms with Gasteiger partial charge in [-0.2, -0.15) is 4.98 Å². The lowest BCUT2D eigenvalue weighted by Crippen LogP contribution is -2.23. The lowest BCUT2D eigenvalue weighted by molar-refractivity contribution is 0.415. The maximum Gasteiger partial charge on any atom is 0.257 e. The number of halogens is 1. The molecule has 7 nitrogen and oxygen atoms in total. The average Bonchev–Trinajstić information content (AvgIpc) is 3.18. The molecule has 2 aromatic carbocycles. The van der Waals surface area contributed by atoms with E-state index >= 15 is 0 Å². The highest BCUT2D eigenvalue weighted by Gasteiger charge is 2.07. The minimum Gasteiger partial charge on any atom is -0.497 e. The van der Waals surface area contributed by atoms with Crippen LogP contribution in [0.4, 0.5) is 5.69 Å². The van der Waals surface area contributed by atoms with Gasteiger partial charge >= 0.3 is 0 Å². The van der Waals surface area contributed by atoms with Gasteiger partial charge in [0, 0.05) is 30.3 Å². The Morgan fingerprint density at radius 1 is 1.21 bits per heavy atom. The number of ether oxygens (including phenoxy) is 1. The third kappa shape index (κ3) is 5.95. The van der Waals surface area contributed by atoms with E-state index in [9.17, 15) is 0 Å². The van der Waals surface area contributed by atoms with Crippen LogP contribution in [-0.2, 0) is 12.8 Å². The van der Waals surface area contributed by atoms with Gasteiger partial charge in [0.2, 0.25) is 0 Å². The van der Waals surface area contributed by atoms with Gasteiger partial charge in [0.25, 0.3) is 5.89 Å². The molecule has 3 rings (SSSR count). The van der Waals surface area contributed by atoms with Crippen LogP contribution in [0.25, 0.3) is 11.5 Å². The number of aromatic nitrogens is 2. The Bertz CT molecular complexity index is 909. The molecule has 0 bridgehead atoms. The van der Waals surface area contributed by atoms with Crippen LogP contribution in [0.3, 0.4) is 0 Å². The number of methoxy groups -OCH3 is 1. The maximum absolute atomic E-state index is 5.95. The molecule has 0 fully saturated rings. The monoisotopic (exact) mass is 493 g/mol. The predicted molar refractivity (Wildman–Crippen MR) is 121 cm³/mol. The molecule has 0 saturated heterocycles. The van der Waals surface area contributed by atoms with Crippen molar-refractivity contribution in [3.05, 3.63) is 59.9 Å². The fourth-order valence-corrected chi connectivity index (χ4v) is 2.52. The SMILES string of the molecule is CCc1noc(-c2ccc(CCN=C(N)Nc3cccc(OC)c3)cc2)n1.I. The minimum absolute atomic E-state index is 0. The molecule has 0 atom stereocenters. The molecule has 0 aliphatic heterocycles. The zero-order valence-corrected chi connectivity index (χ0v) is 18.2. The van der Waals surface area contributed by atoms with Crippen LogP contribution in [0, 0.1) is 0 Å². The highest BCUT2D eigenvalue weighted by Crippen LogP contribution is 2.18. The third-order valence-corrected chi connectivity index (χ3v) is 4.01. The number of nitrogens with two attached hydrogens (primary N) is 1. The molecular formula is C20H24IN5O2. The molecule has 0 saturated carbocycles. The lowest BCUT2D eigenvalue weighted by Gasteiger charge is -2.07. The van der Waals surface area contributed by atoms with Gasteiger partial charge in [-0.3, -0.25) is 4.99 Å². The van der Waals surface area contributed by atoms with Crippen LogP contribution < -0.4 is 15.8 Å². The number of nitrogens with one attached hydrogen (secondary N) is 1. The summed E-state index contributed by atoms with van der Waals surface area (Å²) in [5, 5.41) is 6.98. The van der Waals surface area contributed by atoms with Crippen molar-refractivity contribution in [2.45, 2.75) is 19.8 Å². The van der Waals surface area contributed by atoms with E-state index in [1.807, 2.05) is 55.5 Å². The molecule has 28 heavy (non-hydrogen) atoms. The van der Waals surface area contributed by atoms with E-state index in [0.717, 1.165) is 35.4 Å². The second-order valence-corrected chi connectivity index (χ2v) is 5.94. The molecule has 0 amide bonds. The van der Waals surface area contributed by atoms with Gasteiger partial charge in [-0.15, -0.1) is 24.0 Å².